The first-order valence-corrected chi connectivity index (χ1v) is 18.8. The van der Waals surface area contributed by atoms with Crippen molar-refractivity contribution in [3.05, 3.63) is 35.4 Å². The standard InChI is InChI=1S/C30H48O6Si2/c1-29(2,3)37(11,12)35-26-22(16-15-21-19-24(32-8)27(34-10)25(20-21)33-9)17-18-23(31-7)28(26)36-38(13,14)30(4,5)6/h15-20H,1-14H3/b16-15-. The summed E-state index contributed by atoms with van der Waals surface area (Å²) in [6.07, 6.45) is 4.06. The van der Waals surface area contributed by atoms with Crippen molar-refractivity contribution in [1.29, 1.82) is 0 Å². The molecule has 0 atom stereocenters. The molecule has 8 heteroatoms. The van der Waals surface area contributed by atoms with Gasteiger partial charge in [0.1, 0.15) is 0 Å². The summed E-state index contributed by atoms with van der Waals surface area (Å²) in [7, 11) is 2.07. The summed E-state index contributed by atoms with van der Waals surface area (Å²) < 4.78 is 36.3. The zero-order chi connectivity index (χ0) is 29.1. The molecule has 2 rings (SSSR count). The summed E-state index contributed by atoms with van der Waals surface area (Å²) >= 11 is 0. The molecule has 0 spiro atoms. The lowest BCUT2D eigenvalue weighted by Gasteiger charge is -2.40. The van der Waals surface area contributed by atoms with Gasteiger partial charge in [0.25, 0.3) is 16.6 Å². The van der Waals surface area contributed by atoms with Crippen LogP contribution in [0.2, 0.25) is 36.3 Å². The van der Waals surface area contributed by atoms with Crippen molar-refractivity contribution in [2.75, 3.05) is 28.4 Å². The van der Waals surface area contributed by atoms with Gasteiger partial charge in [0.15, 0.2) is 28.7 Å². The topological polar surface area (TPSA) is 55.4 Å². The fraction of sp³-hybridized carbons (Fsp3) is 0.533. The third-order valence-corrected chi connectivity index (χ3v) is 16.4. The first-order valence-electron chi connectivity index (χ1n) is 13.0. The summed E-state index contributed by atoms with van der Waals surface area (Å²) in [6.45, 7) is 22.4. The van der Waals surface area contributed by atoms with Crippen LogP contribution < -0.4 is 27.8 Å². The van der Waals surface area contributed by atoms with Gasteiger partial charge in [0, 0.05) is 5.56 Å². The average Bonchev–Trinajstić information content (AvgIpc) is 2.81. The summed E-state index contributed by atoms with van der Waals surface area (Å²) in [5.74, 6) is 3.83. The van der Waals surface area contributed by atoms with Crippen molar-refractivity contribution >= 4 is 28.8 Å². The van der Waals surface area contributed by atoms with Crippen LogP contribution in [-0.4, -0.2) is 45.1 Å². The highest BCUT2D eigenvalue weighted by Gasteiger charge is 2.43. The molecule has 0 saturated carbocycles. The monoisotopic (exact) mass is 560 g/mol. The summed E-state index contributed by atoms with van der Waals surface area (Å²) in [5, 5.41) is 0.0102. The van der Waals surface area contributed by atoms with Gasteiger partial charge in [-0.2, -0.15) is 0 Å². The Bertz CT molecular complexity index is 1120. The fourth-order valence-corrected chi connectivity index (χ4v) is 5.29. The van der Waals surface area contributed by atoms with E-state index in [1.54, 1.807) is 28.4 Å². The quantitative estimate of drug-likeness (QED) is 0.214. The van der Waals surface area contributed by atoms with Crippen molar-refractivity contribution in [2.24, 2.45) is 0 Å². The van der Waals surface area contributed by atoms with Gasteiger partial charge in [-0.05, 0) is 66.1 Å². The second-order valence-corrected chi connectivity index (χ2v) is 22.0. The smallest absolute Gasteiger partial charge is 0.250 e. The molecule has 0 aliphatic carbocycles. The number of benzene rings is 2. The third kappa shape index (κ3) is 6.88. The minimum atomic E-state index is -2.23. The molecule has 38 heavy (non-hydrogen) atoms. The van der Waals surface area contributed by atoms with E-state index in [4.69, 9.17) is 27.8 Å². The van der Waals surface area contributed by atoms with Gasteiger partial charge >= 0.3 is 0 Å². The van der Waals surface area contributed by atoms with Crippen molar-refractivity contribution in [3.8, 4) is 34.5 Å². The van der Waals surface area contributed by atoms with Crippen LogP contribution in [0.1, 0.15) is 52.7 Å². The first kappa shape index (κ1) is 31.6. The Morgan fingerprint density at radius 2 is 1.00 bits per heavy atom. The SMILES string of the molecule is COc1cc(/C=C\c2ccc(OC)c(O[Si](C)(C)C(C)(C)C)c2O[Si](C)(C)C(C)(C)C)cc(OC)c1OC. The van der Waals surface area contributed by atoms with E-state index < -0.39 is 16.6 Å². The molecule has 2 aromatic rings. The lowest BCUT2D eigenvalue weighted by atomic mass is 10.1. The minimum Gasteiger partial charge on any atom is -0.541 e. The Balaban J connectivity index is 2.77. The van der Waals surface area contributed by atoms with E-state index in [0.717, 1.165) is 16.9 Å². The Labute approximate surface area is 232 Å². The number of rotatable bonds is 10. The van der Waals surface area contributed by atoms with Crippen LogP contribution in [0.4, 0.5) is 0 Å². The lowest BCUT2D eigenvalue weighted by Crippen LogP contribution is -2.46. The van der Waals surface area contributed by atoms with Crippen LogP contribution in [-0.2, 0) is 0 Å². The van der Waals surface area contributed by atoms with E-state index >= 15 is 0 Å². The zero-order valence-corrected chi connectivity index (χ0v) is 27.9. The van der Waals surface area contributed by atoms with E-state index in [1.807, 2.05) is 36.4 Å². The van der Waals surface area contributed by atoms with Gasteiger partial charge in [0.2, 0.25) is 5.75 Å². The van der Waals surface area contributed by atoms with E-state index in [1.165, 1.54) is 0 Å². The Morgan fingerprint density at radius 1 is 0.553 bits per heavy atom. The number of hydrogen-bond donors (Lipinski definition) is 0. The second kappa shape index (κ2) is 11.7. The molecule has 0 saturated heterocycles. The first-order chi connectivity index (χ1) is 17.4. The van der Waals surface area contributed by atoms with Crippen LogP contribution in [0.5, 0.6) is 34.5 Å². The molecule has 0 amide bonds. The summed E-state index contributed by atoms with van der Waals surface area (Å²) in [4.78, 5) is 0. The second-order valence-electron chi connectivity index (χ2n) is 12.5. The molecule has 0 unspecified atom stereocenters. The maximum Gasteiger partial charge on any atom is 0.250 e. The van der Waals surface area contributed by atoms with Gasteiger partial charge in [-0.15, -0.1) is 0 Å². The Hall–Kier alpha value is -2.59. The highest BCUT2D eigenvalue weighted by Crippen LogP contribution is 2.49. The Morgan fingerprint density at radius 3 is 1.39 bits per heavy atom. The van der Waals surface area contributed by atoms with Gasteiger partial charge in [0.05, 0.1) is 28.4 Å². The molecule has 0 aromatic heterocycles. The predicted octanol–water partition coefficient (Wildman–Crippen LogP) is 8.66. The van der Waals surface area contributed by atoms with Gasteiger partial charge in [-0.3, -0.25) is 0 Å². The molecule has 0 aliphatic heterocycles. The molecule has 0 aliphatic rings. The molecule has 0 heterocycles. The largest absolute Gasteiger partial charge is 0.541 e. The normalized spacial score (nSPS) is 12.9. The van der Waals surface area contributed by atoms with Gasteiger partial charge in [-0.1, -0.05) is 53.7 Å². The molecule has 0 radical (unpaired) electrons. The Kier molecular flexibility index (Phi) is 9.70. The molecule has 2 aromatic carbocycles. The predicted molar refractivity (Wildman–Crippen MR) is 164 cm³/mol. The number of ether oxygens (including phenoxy) is 4. The average molecular weight is 561 g/mol. The number of methoxy groups -OCH3 is 4. The van der Waals surface area contributed by atoms with Crippen LogP contribution in [0.25, 0.3) is 12.2 Å². The molecule has 6 nitrogen and oxygen atoms in total. The summed E-state index contributed by atoms with van der Waals surface area (Å²) in [6, 6.07) is 7.82. The molecular weight excluding hydrogens is 512 g/mol. The highest BCUT2D eigenvalue weighted by atomic mass is 28.4. The third-order valence-electron chi connectivity index (χ3n) is 7.80. The van der Waals surface area contributed by atoms with E-state index in [9.17, 15) is 0 Å². The fourth-order valence-electron chi connectivity index (χ4n) is 3.25. The maximum absolute atomic E-state index is 6.98. The van der Waals surface area contributed by atoms with Crippen LogP contribution in [0, 0.1) is 0 Å². The molecule has 0 fully saturated rings. The zero-order valence-electron chi connectivity index (χ0n) is 25.9. The molecule has 212 valence electrons. The van der Waals surface area contributed by atoms with Crippen molar-refractivity contribution < 1.29 is 27.8 Å². The van der Waals surface area contributed by atoms with Crippen molar-refractivity contribution in [3.63, 3.8) is 0 Å². The maximum atomic E-state index is 6.98. The van der Waals surface area contributed by atoms with E-state index in [2.05, 4.69) is 67.7 Å². The highest BCUT2D eigenvalue weighted by molar-refractivity contribution is 6.75. The van der Waals surface area contributed by atoms with E-state index in [0.29, 0.717) is 28.7 Å². The lowest BCUT2D eigenvalue weighted by molar-refractivity contribution is 0.324. The molecular formula is C30H48O6Si2. The van der Waals surface area contributed by atoms with Crippen LogP contribution in [0.3, 0.4) is 0 Å². The van der Waals surface area contributed by atoms with Crippen LogP contribution >= 0.6 is 0 Å². The summed E-state index contributed by atoms with van der Waals surface area (Å²) in [5.41, 5.74) is 1.82. The van der Waals surface area contributed by atoms with Gasteiger partial charge < -0.3 is 27.8 Å². The molecule has 0 N–H and O–H groups in total. The molecule has 0 bridgehead atoms. The minimum absolute atomic E-state index is 0.00200. The number of hydrogen-bond acceptors (Lipinski definition) is 6. The van der Waals surface area contributed by atoms with Crippen molar-refractivity contribution in [2.45, 2.75) is 77.8 Å². The van der Waals surface area contributed by atoms with E-state index in [-0.39, 0.29) is 10.1 Å². The van der Waals surface area contributed by atoms with Gasteiger partial charge in [-0.25, -0.2) is 0 Å². The van der Waals surface area contributed by atoms with Crippen LogP contribution in [0.15, 0.2) is 24.3 Å². The van der Waals surface area contributed by atoms with Crippen molar-refractivity contribution in [1.82, 2.24) is 0 Å².